The number of aryl methyl sites for hydroxylation is 1. The van der Waals surface area contributed by atoms with Crippen molar-refractivity contribution in [1.82, 2.24) is 19.7 Å². The Hall–Kier alpha value is -1.92. The Morgan fingerprint density at radius 1 is 1.38 bits per heavy atom. The standard InChI is InChI=1S/C20H28N4O2/c1-15-17(10-22-23(15)3)13-24-8-6-19-16(12-24)9-20(2,26-19)14-25-18-5-4-7-21-11-18/h4-5,7,10-11,16,19H,6,8-9,12-14H2,1-3H3/t16-,19+,20-/m1/s1. The molecule has 4 rings (SSSR count). The van der Waals surface area contributed by atoms with Crippen LogP contribution in [-0.4, -0.2) is 51.1 Å². The van der Waals surface area contributed by atoms with E-state index in [1.54, 1.807) is 12.4 Å². The lowest BCUT2D eigenvalue weighted by Gasteiger charge is -2.33. The van der Waals surface area contributed by atoms with E-state index in [0.29, 0.717) is 18.6 Å². The molecule has 0 spiro atoms. The van der Waals surface area contributed by atoms with E-state index in [-0.39, 0.29) is 5.60 Å². The molecule has 2 fully saturated rings. The van der Waals surface area contributed by atoms with Crippen LogP contribution in [0.5, 0.6) is 5.75 Å². The molecule has 140 valence electrons. The van der Waals surface area contributed by atoms with Crippen LogP contribution in [0.2, 0.25) is 0 Å². The molecule has 2 saturated heterocycles. The van der Waals surface area contributed by atoms with Crippen LogP contribution < -0.4 is 4.74 Å². The summed E-state index contributed by atoms with van der Waals surface area (Å²) in [4.78, 5) is 6.65. The summed E-state index contributed by atoms with van der Waals surface area (Å²) < 4.78 is 14.3. The maximum Gasteiger partial charge on any atom is 0.137 e. The van der Waals surface area contributed by atoms with Crippen LogP contribution in [0.15, 0.2) is 30.7 Å². The van der Waals surface area contributed by atoms with Crippen LogP contribution in [0.1, 0.15) is 31.0 Å². The summed E-state index contributed by atoms with van der Waals surface area (Å²) in [6.07, 6.45) is 7.99. The SMILES string of the molecule is Cc1c(CN2CC[C@@H]3O[C@@](C)(COc4cccnc4)C[C@@H]3C2)cnn1C. The van der Waals surface area contributed by atoms with Gasteiger partial charge in [0.05, 0.1) is 18.5 Å². The number of pyridine rings is 1. The quantitative estimate of drug-likeness (QED) is 0.824. The molecular formula is C20H28N4O2. The summed E-state index contributed by atoms with van der Waals surface area (Å²) in [7, 11) is 2.00. The minimum atomic E-state index is -0.217. The van der Waals surface area contributed by atoms with Crippen LogP contribution in [0.25, 0.3) is 0 Å². The minimum Gasteiger partial charge on any atom is -0.489 e. The number of fused-ring (bicyclic) bond motifs is 1. The van der Waals surface area contributed by atoms with Gasteiger partial charge in [0.1, 0.15) is 18.0 Å². The summed E-state index contributed by atoms with van der Waals surface area (Å²) in [5, 5.41) is 4.37. The zero-order valence-corrected chi connectivity index (χ0v) is 15.9. The number of hydrogen-bond donors (Lipinski definition) is 0. The molecule has 0 N–H and O–H groups in total. The van der Waals surface area contributed by atoms with Gasteiger partial charge in [0, 0.05) is 50.1 Å². The molecule has 0 aliphatic carbocycles. The summed E-state index contributed by atoms with van der Waals surface area (Å²) in [6, 6.07) is 3.83. The second kappa shape index (κ2) is 7.00. The van der Waals surface area contributed by atoms with Crippen LogP contribution in [0, 0.1) is 12.8 Å². The third-order valence-corrected chi connectivity index (χ3v) is 5.79. The first-order valence-electron chi connectivity index (χ1n) is 9.43. The zero-order chi connectivity index (χ0) is 18.1. The van der Waals surface area contributed by atoms with E-state index >= 15 is 0 Å². The second-order valence-corrected chi connectivity index (χ2v) is 7.95. The average molecular weight is 356 g/mol. The van der Waals surface area contributed by atoms with E-state index in [1.165, 1.54) is 11.3 Å². The first kappa shape index (κ1) is 17.5. The molecule has 0 bridgehead atoms. The molecule has 2 aromatic rings. The maximum absolute atomic E-state index is 6.41. The maximum atomic E-state index is 6.41. The molecule has 0 amide bonds. The fourth-order valence-electron chi connectivity index (χ4n) is 4.25. The van der Waals surface area contributed by atoms with E-state index in [0.717, 1.165) is 38.2 Å². The zero-order valence-electron chi connectivity index (χ0n) is 15.9. The van der Waals surface area contributed by atoms with Gasteiger partial charge in [-0.2, -0.15) is 5.10 Å². The number of piperidine rings is 1. The van der Waals surface area contributed by atoms with Gasteiger partial charge >= 0.3 is 0 Å². The lowest BCUT2D eigenvalue weighted by molar-refractivity contribution is -0.0698. The molecule has 3 atom stereocenters. The van der Waals surface area contributed by atoms with Crippen molar-refractivity contribution in [3.63, 3.8) is 0 Å². The lowest BCUT2D eigenvalue weighted by atomic mass is 9.89. The van der Waals surface area contributed by atoms with Gasteiger partial charge < -0.3 is 9.47 Å². The van der Waals surface area contributed by atoms with E-state index in [4.69, 9.17) is 9.47 Å². The van der Waals surface area contributed by atoms with E-state index in [2.05, 4.69) is 28.8 Å². The second-order valence-electron chi connectivity index (χ2n) is 7.95. The Bertz CT molecular complexity index is 748. The molecular weight excluding hydrogens is 328 g/mol. The molecule has 26 heavy (non-hydrogen) atoms. The van der Waals surface area contributed by atoms with Crippen molar-refractivity contribution in [2.75, 3.05) is 19.7 Å². The van der Waals surface area contributed by atoms with Crippen LogP contribution >= 0.6 is 0 Å². The topological polar surface area (TPSA) is 52.4 Å². The smallest absolute Gasteiger partial charge is 0.137 e. The highest BCUT2D eigenvalue weighted by Gasteiger charge is 2.46. The van der Waals surface area contributed by atoms with Gasteiger partial charge in [0.15, 0.2) is 0 Å². The monoisotopic (exact) mass is 356 g/mol. The summed E-state index contributed by atoms with van der Waals surface area (Å²) >= 11 is 0. The Kier molecular flexibility index (Phi) is 4.71. The Balaban J connectivity index is 1.34. The van der Waals surface area contributed by atoms with Gasteiger partial charge in [0.25, 0.3) is 0 Å². The number of likely N-dealkylation sites (tertiary alicyclic amines) is 1. The van der Waals surface area contributed by atoms with Gasteiger partial charge in [-0.05, 0) is 38.8 Å². The fraction of sp³-hybridized carbons (Fsp3) is 0.600. The molecule has 6 heteroatoms. The first-order chi connectivity index (χ1) is 12.5. The van der Waals surface area contributed by atoms with Crippen molar-refractivity contribution in [1.29, 1.82) is 0 Å². The Morgan fingerprint density at radius 2 is 2.27 bits per heavy atom. The summed E-state index contributed by atoms with van der Waals surface area (Å²) in [5.74, 6) is 1.38. The van der Waals surface area contributed by atoms with E-state index < -0.39 is 0 Å². The van der Waals surface area contributed by atoms with Crippen LogP contribution in [0.3, 0.4) is 0 Å². The molecule has 6 nitrogen and oxygen atoms in total. The molecule has 2 aromatic heterocycles. The predicted molar refractivity (Wildman–Crippen MR) is 99.0 cm³/mol. The molecule has 0 radical (unpaired) electrons. The third-order valence-electron chi connectivity index (χ3n) is 5.79. The molecule has 2 aliphatic heterocycles. The van der Waals surface area contributed by atoms with Crippen molar-refractivity contribution < 1.29 is 9.47 Å². The normalized spacial score (nSPS) is 28.9. The van der Waals surface area contributed by atoms with Crippen LogP contribution in [-0.2, 0) is 18.3 Å². The van der Waals surface area contributed by atoms with Gasteiger partial charge in [0.2, 0.25) is 0 Å². The molecule has 0 saturated carbocycles. The fourth-order valence-corrected chi connectivity index (χ4v) is 4.25. The van der Waals surface area contributed by atoms with Crippen molar-refractivity contribution in [2.45, 2.75) is 44.9 Å². The highest BCUT2D eigenvalue weighted by atomic mass is 16.6. The average Bonchev–Trinajstić information content (AvgIpc) is 3.14. The van der Waals surface area contributed by atoms with Crippen molar-refractivity contribution in [2.24, 2.45) is 13.0 Å². The van der Waals surface area contributed by atoms with Crippen LogP contribution in [0.4, 0.5) is 0 Å². The van der Waals surface area contributed by atoms with E-state index in [9.17, 15) is 0 Å². The summed E-state index contributed by atoms with van der Waals surface area (Å²) in [6.45, 7) is 8.04. The highest BCUT2D eigenvalue weighted by molar-refractivity contribution is 5.17. The molecule has 0 aromatic carbocycles. The Morgan fingerprint density at radius 3 is 3.00 bits per heavy atom. The predicted octanol–water partition coefficient (Wildman–Crippen LogP) is 2.57. The largest absolute Gasteiger partial charge is 0.489 e. The van der Waals surface area contributed by atoms with Gasteiger partial charge in [-0.25, -0.2) is 0 Å². The van der Waals surface area contributed by atoms with Gasteiger partial charge in [-0.1, -0.05) is 0 Å². The molecule has 2 aliphatic rings. The third kappa shape index (κ3) is 3.62. The molecule has 4 heterocycles. The van der Waals surface area contributed by atoms with Gasteiger partial charge in [-0.3, -0.25) is 14.6 Å². The number of nitrogens with zero attached hydrogens (tertiary/aromatic N) is 4. The number of rotatable bonds is 5. The van der Waals surface area contributed by atoms with Gasteiger partial charge in [-0.15, -0.1) is 0 Å². The van der Waals surface area contributed by atoms with Crippen molar-refractivity contribution >= 4 is 0 Å². The van der Waals surface area contributed by atoms with E-state index in [1.807, 2.05) is 30.1 Å². The molecule has 0 unspecified atom stereocenters. The highest BCUT2D eigenvalue weighted by Crippen LogP contribution is 2.40. The van der Waals surface area contributed by atoms with Crippen molar-refractivity contribution in [3.05, 3.63) is 42.0 Å². The Labute approximate surface area is 155 Å². The lowest BCUT2D eigenvalue weighted by Crippen LogP contribution is -2.40. The van der Waals surface area contributed by atoms with Crippen molar-refractivity contribution in [3.8, 4) is 5.75 Å². The number of hydrogen-bond acceptors (Lipinski definition) is 5. The number of ether oxygens (including phenoxy) is 2. The number of aromatic nitrogens is 3. The summed E-state index contributed by atoms with van der Waals surface area (Å²) in [5.41, 5.74) is 2.36. The first-order valence-corrected chi connectivity index (χ1v) is 9.43. The minimum absolute atomic E-state index is 0.217.